The van der Waals surface area contributed by atoms with Crippen molar-refractivity contribution in [1.82, 2.24) is 9.21 Å². The number of carbonyl (C=O) groups is 1. The molecule has 152 valence electrons. The molecule has 1 aromatic carbocycles. The third-order valence-corrected chi connectivity index (χ3v) is 8.89. The van der Waals surface area contributed by atoms with Crippen molar-refractivity contribution in [2.75, 3.05) is 19.6 Å². The van der Waals surface area contributed by atoms with Gasteiger partial charge >= 0.3 is 0 Å². The molecule has 0 radical (unpaired) electrons. The molecule has 0 spiro atoms. The van der Waals surface area contributed by atoms with E-state index in [1.807, 2.05) is 11.0 Å². The second kappa shape index (κ2) is 7.90. The van der Waals surface area contributed by atoms with Crippen LogP contribution in [0.1, 0.15) is 41.8 Å². The number of rotatable bonds is 3. The number of hydrogen-bond donors (Lipinski definition) is 0. The Hall–Kier alpha value is -2.21. The van der Waals surface area contributed by atoms with Gasteiger partial charge in [0.25, 0.3) is 0 Å². The molecule has 2 aliphatic heterocycles. The maximum Gasteiger partial charge on any atom is 0.243 e. The number of fused-ring (bicyclic) bond motifs is 1. The summed E-state index contributed by atoms with van der Waals surface area (Å²) in [6.45, 7) is 3.49. The molecular weight excluding hydrogens is 406 g/mol. The molecule has 6 nitrogen and oxygen atoms in total. The lowest BCUT2D eigenvalue weighted by molar-refractivity contribution is -0.139. The Morgan fingerprint density at radius 1 is 1.14 bits per heavy atom. The van der Waals surface area contributed by atoms with Crippen molar-refractivity contribution in [3.05, 3.63) is 51.7 Å². The SMILES string of the molecule is CC1c2ccsc2CCN1C(=O)C1CCN(S(=O)(=O)c2ccc(C#N)cc2)CC1. The summed E-state index contributed by atoms with van der Waals surface area (Å²) in [6, 6.07) is 10.2. The van der Waals surface area contributed by atoms with Crippen LogP contribution in [0.15, 0.2) is 40.6 Å². The molecule has 2 aromatic rings. The van der Waals surface area contributed by atoms with Crippen molar-refractivity contribution in [2.24, 2.45) is 5.92 Å². The Morgan fingerprint density at radius 3 is 2.48 bits per heavy atom. The van der Waals surface area contributed by atoms with Gasteiger partial charge in [0, 0.05) is 30.4 Å². The van der Waals surface area contributed by atoms with Gasteiger partial charge in [-0.25, -0.2) is 8.42 Å². The first-order valence-electron chi connectivity index (χ1n) is 9.79. The topological polar surface area (TPSA) is 81.5 Å². The normalized spacial score (nSPS) is 20.8. The van der Waals surface area contributed by atoms with Crippen molar-refractivity contribution < 1.29 is 13.2 Å². The molecule has 1 unspecified atom stereocenters. The Morgan fingerprint density at radius 2 is 1.83 bits per heavy atom. The van der Waals surface area contributed by atoms with Crippen LogP contribution in [0, 0.1) is 17.2 Å². The maximum absolute atomic E-state index is 13.1. The van der Waals surface area contributed by atoms with Gasteiger partial charge in [0.05, 0.1) is 22.6 Å². The van der Waals surface area contributed by atoms with Gasteiger partial charge in [-0.15, -0.1) is 11.3 Å². The summed E-state index contributed by atoms with van der Waals surface area (Å²) in [7, 11) is -3.60. The average Bonchev–Trinajstić information content (AvgIpc) is 3.23. The van der Waals surface area contributed by atoms with Gasteiger partial charge < -0.3 is 4.90 Å². The first-order valence-corrected chi connectivity index (χ1v) is 12.1. The third-order valence-electron chi connectivity index (χ3n) is 5.98. The van der Waals surface area contributed by atoms with Gasteiger partial charge in [0.15, 0.2) is 0 Å². The molecule has 2 aliphatic rings. The molecule has 3 heterocycles. The van der Waals surface area contributed by atoms with E-state index < -0.39 is 10.0 Å². The van der Waals surface area contributed by atoms with Gasteiger partial charge in [-0.05, 0) is 67.5 Å². The van der Waals surface area contributed by atoms with Crippen molar-refractivity contribution in [3.8, 4) is 6.07 Å². The van der Waals surface area contributed by atoms with Gasteiger partial charge in [-0.3, -0.25) is 4.79 Å². The molecule has 0 saturated carbocycles. The third kappa shape index (κ3) is 3.70. The van der Waals surface area contributed by atoms with Gasteiger partial charge in [-0.2, -0.15) is 9.57 Å². The van der Waals surface area contributed by atoms with Crippen LogP contribution in [0.3, 0.4) is 0 Å². The highest BCUT2D eigenvalue weighted by molar-refractivity contribution is 7.89. The average molecular weight is 430 g/mol. The van der Waals surface area contributed by atoms with Crippen LogP contribution in [0.4, 0.5) is 0 Å². The summed E-state index contributed by atoms with van der Waals surface area (Å²) >= 11 is 1.75. The standard InChI is InChI=1S/C21H23N3O3S2/c1-15-19-9-13-28-20(19)8-12-24(15)21(25)17-6-10-23(11-7-17)29(26,27)18-4-2-16(14-22)3-5-18/h2-5,9,13,15,17H,6-8,10-12H2,1H3. The highest BCUT2D eigenvalue weighted by atomic mass is 32.2. The van der Waals surface area contributed by atoms with Crippen molar-refractivity contribution in [3.63, 3.8) is 0 Å². The van der Waals surface area contributed by atoms with Crippen LogP contribution < -0.4 is 0 Å². The van der Waals surface area contributed by atoms with Gasteiger partial charge in [0.1, 0.15) is 0 Å². The van der Waals surface area contributed by atoms with E-state index in [4.69, 9.17) is 5.26 Å². The number of sulfonamides is 1. The number of thiophene rings is 1. The van der Waals surface area contributed by atoms with E-state index in [2.05, 4.69) is 18.4 Å². The summed E-state index contributed by atoms with van der Waals surface area (Å²) < 4.78 is 27.2. The zero-order valence-electron chi connectivity index (χ0n) is 16.2. The highest BCUT2D eigenvalue weighted by Gasteiger charge is 2.36. The predicted molar refractivity (Wildman–Crippen MR) is 111 cm³/mol. The lowest BCUT2D eigenvalue weighted by Crippen LogP contribution is -2.46. The van der Waals surface area contributed by atoms with E-state index in [0.717, 1.165) is 13.0 Å². The van der Waals surface area contributed by atoms with Gasteiger partial charge in [-0.1, -0.05) is 0 Å². The molecule has 0 N–H and O–H groups in total. The Kier molecular flexibility index (Phi) is 5.47. The summed E-state index contributed by atoms with van der Waals surface area (Å²) in [5.74, 6) is 0.00909. The smallest absolute Gasteiger partial charge is 0.243 e. The van der Waals surface area contributed by atoms with Crippen LogP contribution in [0.25, 0.3) is 0 Å². The zero-order chi connectivity index (χ0) is 20.6. The molecule has 1 amide bonds. The number of hydrogen-bond acceptors (Lipinski definition) is 5. The minimum atomic E-state index is -3.60. The minimum Gasteiger partial charge on any atom is -0.335 e. The quantitative estimate of drug-likeness (QED) is 0.750. The summed E-state index contributed by atoms with van der Waals surface area (Å²) in [5, 5.41) is 11.0. The number of amides is 1. The fourth-order valence-corrected chi connectivity index (χ4v) is 6.67. The Labute approximate surface area is 175 Å². The number of piperidine rings is 1. The molecule has 0 bridgehead atoms. The second-order valence-corrected chi connectivity index (χ2v) is 10.5. The molecule has 1 atom stereocenters. The van der Waals surface area contributed by atoms with Crippen LogP contribution in [-0.4, -0.2) is 43.2 Å². The van der Waals surface area contributed by atoms with Crippen molar-refractivity contribution >= 4 is 27.3 Å². The van der Waals surface area contributed by atoms with Crippen LogP contribution in [0.5, 0.6) is 0 Å². The fraction of sp³-hybridized carbons (Fsp3) is 0.429. The van der Waals surface area contributed by atoms with E-state index in [1.165, 1.54) is 39.0 Å². The lowest BCUT2D eigenvalue weighted by Gasteiger charge is -2.38. The Bertz CT molecular complexity index is 1050. The molecule has 4 rings (SSSR count). The molecule has 1 saturated heterocycles. The summed E-state index contributed by atoms with van der Waals surface area (Å²) in [5.41, 5.74) is 1.67. The first-order chi connectivity index (χ1) is 13.9. The summed E-state index contributed by atoms with van der Waals surface area (Å²) in [4.78, 5) is 16.6. The van der Waals surface area contributed by atoms with Crippen LogP contribution >= 0.6 is 11.3 Å². The van der Waals surface area contributed by atoms with Crippen molar-refractivity contribution in [2.45, 2.75) is 37.1 Å². The van der Waals surface area contributed by atoms with E-state index >= 15 is 0 Å². The molecule has 1 fully saturated rings. The van der Waals surface area contributed by atoms with Crippen LogP contribution in [0.2, 0.25) is 0 Å². The molecule has 29 heavy (non-hydrogen) atoms. The molecular formula is C21H23N3O3S2. The predicted octanol–water partition coefficient (Wildman–Crippen LogP) is 3.17. The van der Waals surface area contributed by atoms with E-state index in [1.54, 1.807) is 11.3 Å². The number of benzene rings is 1. The number of carbonyl (C=O) groups excluding carboxylic acids is 1. The molecule has 8 heteroatoms. The fourth-order valence-electron chi connectivity index (χ4n) is 4.24. The van der Waals surface area contributed by atoms with Crippen LogP contribution in [-0.2, 0) is 21.2 Å². The van der Waals surface area contributed by atoms with E-state index in [9.17, 15) is 13.2 Å². The molecule has 0 aliphatic carbocycles. The zero-order valence-corrected chi connectivity index (χ0v) is 17.9. The molecule has 1 aromatic heterocycles. The van der Waals surface area contributed by atoms with Gasteiger partial charge in [0.2, 0.25) is 15.9 Å². The second-order valence-electron chi connectivity index (χ2n) is 7.57. The Balaban J connectivity index is 1.41. The lowest BCUT2D eigenvalue weighted by atomic mass is 9.93. The highest BCUT2D eigenvalue weighted by Crippen LogP contribution is 2.35. The van der Waals surface area contributed by atoms with Crippen molar-refractivity contribution in [1.29, 1.82) is 5.26 Å². The van der Waals surface area contributed by atoms with E-state index in [0.29, 0.717) is 31.5 Å². The van der Waals surface area contributed by atoms with E-state index in [-0.39, 0.29) is 22.8 Å². The number of nitrogens with zero attached hydrogens (tertiary/aromatic N) is 3. The first kappa shape index (κ1) is 20.1. The number of nitriles is 1. The minimum absolute atomic E-state index is 0.0814. The monoisotopic (exact) mass is 429 g/mol. The maximum atomic E-state index is 13.1. The summed E-state index contributed by atoms with van der Waals surface area (Å²) in [6.07, 6.45) is 1.97. The largest absolute Gasteiger partial charge is 0.335 e.